The van der Waals surface area contributed by atoms with Crippen molar-refractivity contribution in [1.29, 1.82) is 5.41 Å². The highest BCUT2D eigenvalue weighted by atomic mass is 33.1. The number of ether oxygens (including phenoxy) is 2. The topological polar surface area (TPSA) is 722 Å². The summed E-state index contributed by atoms with van der Waals surface area (Å²) in [6.07, 6.45) is 2.23. The average Bonchev–Trinajstić information content (AvgIpc) is 1.66. The number of nitrogens with two attached hydrogens (primary N) is 3. The number of aliphatic hydroxyl groups is 1. The quantitative estimate of drug-likeness (QED) is 0.00761. The zero-order valence-corrected chi connectivity index (χ0v) is 80.4. The van der Waals surface area contributed by atoms with Crippen LogP contribution in [0.1, 0.15) is 144 Å². The summed E-state index contributed by atoms with van der Waals surface area (Å²) in [5, 5.41) is 74.7. The number of hydrogen-bond donors (Lipinski definition) is 25. The molecular formula is C88H133N25O22S2. The first-order valence-corrected chi connectivity index (χ1v) is 47.5. The van der Waals surface area contributed by atoms with Crippen LogP contribution in [0.4, 0.5) is 0 Å². The van der Waals surface area contributed by atoms with Gasteiger partial charge in [0.15, 0.2) is 5.96 Å². The molecule has 15 atom stereocenters. The molecule has 49 heteroatoms. The molecule has 5 aromatic rings. The van der Waals surface area contributed by atoms with Gasteiger partial charge in [0.25, 0.3) is 0 Å². The van der Waals surface area contributed by atoms with Crippen LogP contribution in [0.25, 0.3) is 21.8 Å². The summed E-state index contributed by atoms with van der Waals surface area (Å²) in [7, 11) is 3.32. The molecule has 0 unspecified atom stereocenters. The zero-order chi connectivity index (χ0) is 101. The molecule has 6 rings (SSSR count). The summed E-state index contributed by atoms with van der Waals surface area (Å²) in [6, 6.07) is -7.56. The number of H-pyrrole nitrogens is 2. The van der Waals surface area contributed by atoms with Crippen LogP contribution in [0.15, 0.2) is 73.4 Å². The Labute approximate surface area is 800 Å². The van der Waals surface area contributed by atoms with Crippen LogP contribution in [0.2, 0.25) is 0 Å². The Hall–Kier alpha value is -13.0. The van der Waals surface area contributed by atoms with Gasteiger partial charge in [0.2, 0.25) is 100 Å². The van der Waals surface area contributed by atoms with Gasteiger partial charge in [-0.25, -0.2) is 4.98 Å². The number of nitrogens with one attached hydrogen (secondary N) is 20. The van der Waals surface area contributed by atoms with Crippen LogP contribution in [0.3, 0.4) is 0 Å². The molecule has 1 aliphatic heterocycles. The molecule has 137 heavy (non-hydrogen) atoms. The van der Waals surface area contributed by atoms with Crippen LogP contribution in [-0.2, 0) is 122 Å². The number of guanidine groups is 1. The molecule has 1 aliphatic rings. The van der Waals surface area contributed by atoms with Crippen LogP contribution < -0.4 is 108 Å². The highest BCUT2D eigenvalue weighted by molar-refractivity contribution is 8.76. The summed E-state index contributed by atoms with van der Waals surface area (Å²) < 4.78 is 12.8. The second-order valence-corrected chi connectivity index (χ2v) is 37.2. The largest absolute Gasteiger partial charge is 0.481 e. The van der Waals surface area contributed by atoms with Crippen molar-refractivity contribution in [1.82, 2.24) is 110 Å². The maximum Gasteiger partial charge on any atom is 0.305 e. The van der Waals surface area contributed by atoms with Crippen molar-refractivity contribution in [2.24, 2.45) is 36.1 Å². The lowest BCUT2D eigenvalue weighted by molar-refractivity contribution is -0.141. The summed E-state index contributed by atoms with van der Waals surface area (Å²) in [5.74, 6) is -21.5. The average molecular weight is 1960 g/mol. The smallest absolute Gasteiger partial charge is 0.305 e. The van der Waals surface area contributed by atoms with E-state index in [0.29, 0.717) is 58.7 Å². The van der Waals surface area contributed by atoms with E-state index in [1.807, 2.05) is 20.8 Å². The molecule has 47 nitrogen and oxygen atoms in total. The summed E-state index contributed by atoms with van der Waals surface area (Å²) >= 11 is 0. The van der Waals surface area contributed by atoms with Crippen LogP contribution in [0.5, 0.6) is 0 Å². The number of fused-ring (bicyclic) bond motifs is 2. The molecule has 1 fully saturated rings. The van der Waals surface area contributed by atoms with Crippen molar-refractivity contribution in [3.63, 3.8) is 0 Å². The van der Waals surface area contributed by atoms with E-state index >= 15 is 24.0 Å². The molecule has 3 aromatic heterocycles. The van der Waals surface area contributed by atoms with Gasteiger partial charge in [-0.3, -0.25) is 91.7 Å². The Morgan fingerprint density at radius 2 is 1.23 bits per heavy atom. The van der Waals surface area contributed by atoms with E-state index in [1.165, 1.54) is 53.3 Å². The van der Waals surface area contributed by atoms with Gasteiger partial charge in [0.1, 0.15) is 85.2 Å². The molecular weight excluding hydrogens is 1820 g/mol. The van der Waals surface area contributed by atoms with Gasteiger partial charge in [-0.2, -0.15) is 0 Å². The third-order valence-electron chi connectivity index (χ3n) is 21.9. The third-order valence-corrected chi connectivity index (χ3v) is 24.3. The van der Waals surface area contributed by atoms with Gasteiger partial charge in [0.05, 0.1) is 45.2 Å². The van der Waals surface area contributed by atoms with Gasteiger partial charge in [0, 0.05) is 116 Å². The Bertz CT molecular complexity index is 4990. The van der Waals surface area contributed by atoms with Crippen LogP contribution >= 0.6 is 21.6 Å². The van der Waals surface area contributed by atoms with E-state index in [0.717, 1.165) is 28.0 Å². The number of hydrogen-bond acceptors (Lipinski definition) is 26. The fourth-order valence-electron chi connectivity index (χ4n) is 14.3. The zero-order valence-electron chi connectivity index (χ0n) is 78.7. The fourth-order valence-corrected chi connectivity index (χ4v) is 16.6. The number of para-hydroxylation sites is 2. The second kappa shape index (κ2) is 56.5. The van der Waals surface area contributed by atoms with Crippen molar-refractivity contribution in [3.8, 4) is 0 Å². The van der Waals surface area contributed by atoms with Gasteiger partial charge in [-0.05, 0) is 115 Å². The van der Waals surface area contributed by atoms with E-state index in [2.05, 4.69) is 105 Å². The molecule has 0 radical (unpaired) electrons. The number of aromatic nitrogens is 4. The van der Waals surface area contributed by atoms with E-state index < -0.39 is 253 Å². The Kier molecular flexibility index (Phi) is 46.5. The van der Waals surface area contributed by atoms with Crippen LogP contribution in [-0.4, -0.2) is 296 Å². The van der Waals surface area contributed by atoms with Gasteiger partial charge < -0.3 is 142 Å². The number of carbonyl (C=O) groups is 18. The third kappa shape index (κ3) is 39.0. The molecule has 1 saturated heterocycles. The minimum atomic E-state index is -2.08. The molecule has 0 aliphatic carbocycles. The predicted molar refractivity (Wildman–Crippen MR) is 507 cm³/mol. The fraction of sp³-hybridized carbons (Fsp3) is 0.568. The molecule has 0 saturated carbocycles. The molecule has 2 aromatic carbocycles. The van der Waals surface area contributed by atoms with Gasteiger partial charge in [-0.1, -0.05) is 92.1 Å². The maximum absolute atomic E-state index is 15.3. The number of carboxylic acid groups (broad SMARTS) is 1. The number of aromatic amines is 2. The van der Waals surface area contributed by atoms with E-state index in [1.54, 1.807) is 80.2 Å². The molecule has 0 spiro atoms. The minimum Gasteiger partial charge on any atom is -0.481 e. The first-order valence-electron chi connectivity index (χ1n) is 45.0. The number of rotatable bonds is 40. The normalized spacial score (nSPS) is 21.1. The molecule has 28 N–H and O–H groups in total. The van der Waals surface area contributed by atoms with Gasteiger partial charge >= 0.3 is 5.97 Å². The summed E-state index contributed by atoms with van der Waals surface area (Å²) in [5.41, 5.74) is 19.1. The number of aliphatic carboxylic acids is 1. The number of amides is 17. The predicted octanol–water partition coefficient (Wildman–Crippen LogP) is -4.46. The first-order chi connectivity index (χ1) is 64.8. The number of benzene rings is 2. The lowest BCUT2D eigenvalue weighted by atomic mass is 9.97. The number of unbranched alkanes of at least 4 members (excludes halogenated alkanes) is 1. The first kappa shape index (κ1) is 113. The number of carbonyl (C=O) groups excluding carboxylic acids is 17. The molecule has 17 amide bonds. The Morgan fingerprint density at radius 1 is 0.628 bits per heavy atom. The monoisotopic (exact) mass is 1960 g/mol. The molecule has 4 heterocycles. The van der Waals surface area contributed by atoms with E-state index in [-0.39, 0.29) is 76.2 Å². The Morgan fingerprint density at radius 3 is 1.88 bits per heavy atom. The lowest BCUT2D eigenvalue weighted by Gasteiger charge is -2.29. The number of primary amides is 2. The molecule has 0 bridgehead atoms. The second-order valence-electron chi connectivity index (χ2n) is 34.7. The van der Waals surface area contributed by atoms with Gasteiger partial charge in [-0.15, -0.1) is 0 Å². The number of nitrogens with zero attached hydrogens (tertiary/aromatic N) is 2. The lowest BCUT2D eigenvalue weighted by Crippen LogP contribution is -2.61. The molecule has 754 valence electrons. The summed E-state index contributed by atoms with van der Waals surface area (Å²) in [4.78, 5) is 265. The van der Waals surface area contributed by atoms with Crippen molar-refractivity contribution >= 4 is 156 Å². The minimum absolute atomic E-state index is 0.0421. The van der Waals surface area contributed by atoms with E-state index in [9.17, 15) is 72.5 Å². The van der Waals surface area contributed by atoms with Crippen molar-refractivity contribution < 1.29 is 106 Å². The number of aryl methyl sites for hydroxylation is 1. The SMILES string of the molecule is CC[C@H](C)[C@H](NC(C)=O)C(=O)N[C@H]1CSSC[C@@H](C(=O)N[C@H](C(=O)NCCOCCOCC(=O)N[C@@H](CCCCNC(C)(C)C)C(N)=O)[C@@H](C)O)NC(=O)[C@H](CCCNC(=N)N)NC(=O)[C@H](Cc2cnc[nH]2)NC(=O)[C@H](C)NC(=O)CNC(=O)[C@H](Cc2c[nH]c3ccccc23)NC(=O)[C@H](CC(=O)O)NC(=O)[C@H](CCC(N)=O)NC(=O)[C@H](Cc2cn(C)c3ccccc23)NC(=O)[C@H](C(C)C)NC1=O. The number of carboxylic acids is 1. The van der Waals surface area contributed by atoms with Crippen LogP contribution in [0, 0.1) is 17.2 Å². The number of aliphatic hydroxyl groups excluding tert-OH is 1. The van der Waals surface area contributed by atoms with Crippen molar-refractivity contribution in [2.75, 3.05) is 64.1 Å². The van der Waals surface area contributed by atoms with E-state index in [4.69, 9.17) is 32.1 Å². The highest BCUT2D eigenvalue weighted by Crippen LogP contribution is 2.27. The highest BCUT2D eigenvalue weighted by Gasteiger charge is 2.40. The number of imidazole rings is 1. The summed E-state index contributed by atoms with van der Waals surface area (Å²) in [6.45, 7) is 14.7. The standard InChI is InChI=1S/C88H133N25O22S2/c1-12-47(4)72(101-50(7)115)86(133)110-65-44-137-136-43-64(83(130)112-73(49(6)114)84(131)94-30-31-134-32-33-135-42-69(118)102-57(74(90)121)23-17-18-29-99-88(8,9)10)109-77(124)58(24-19-28-95-87(91)92)103-80(127)62(36-53-39-93-45-98-53)105-75(122)48(5)100-68(117)40-97-76(123)60(34-51-38-96-56-22-15-13-20-54(51)56)106-81(128)63(37-70(119)120)107-78(125)59(26-27-67(89)116)104-79(126)61(108-85(132)71(46(2)3)111-82(65)129)35-52-41-113(11)66-25-16-14-21-55(52)66/h13-16,20-22,25,38-39,41,45-49,57-65,71-73,96,99,114H,12,17-19,23-24,26-37,40,42-44H2,1-11H3,(H2,89,116)(H2,90,121)(H,93,98)(H,94,131)(H,97,123)(H,100,117)(H,101,115)(H,102,118)(H,103,127)(H,104,126)(H,105,122)(H,106,128)(H,107,125)(H,108,132)(H,109,124)(H,110,133)(H,111,129)(H,112,130)(H,119,120)(H4,91,92,95)/t47-,48-,49+,57-,58-,59-,60-,61-,62-,63-,64-,65-,71-,72-,73-/m0/s1. The van der Waals surface area contributed by atoms with Crippen molar-refractivity contribution in [2.45, 2.75) is 236 Å². The Balaban J connectivity index is 1.42. The maximum atomic E-state index is 15.3. The van der Waals surface area contributed by atoms with Crippen molar-refractivity contribution in [3.05, 3.63) is 90.3 Å².